The fourth-order valence-corrected chi connectivity index (χ4v) is 5.03. The van der Waals surface area contributed by atoms with Gasteiger partial charge in [-0.1, -0.05) is 0 Å². The minimum atomic E-state index is -3.97. The van der Waals surface area contributed by atoms with E-state index in [9.17, 15) is 22.0 Å². The summed E-state index contributed by atoms with van der Waals surface area (Å²) in [5.74, 6) is -1.59. The minimum Gasteiger partial charge on any atom is -0.351 e. The molecule has 1 aliphatic rings. The van der Waals surface area contributed by atoms with E-state index in [0.717, 1.165) is 22.6 Å². The Kier molecular flexibility index (Phi) is 5.52. The highest BCUT2D eigenvalue weighted by molar-refractivity contribution is 7.89. The van der Waals surface area contributed by atoms with Gasteiger partial charge in [-0.3, -0.25) is 9.78 Å². The third-order valence-electron chi connectivity index (χ3n) is 4.60. The number of hydrogen-bond acceptors (Lipinski definition) is 4. The van der Waals surface area contributed by atoms with E-state index in [2.05, 4.69) is 10.3 Å². The Morgan fingerprint density at radius 3 is 2.59 bits per heavy atom. The van der Waals surface area contributed by atoms with E-state index >= 15 is 0 Å². The normalized spacial score (nSPS) is 20.6. The molecular formula is C18H19F2N3O3S. The van der Waals surface area contributed by atoms with Gasteiger partial charge in [0.15, 0.2) is 0 Å². The van der Waals surface area contributed by atoms with Crippen molar-refractivity contribution in [3.8, 4) is 0 Å². The Morgan fingerprint density at radius 1 is 1.22 bits per heavy atom. The summed E-state index contributed by atoms with van der Waals surface area (Å²) in [6, 6.07) is 4.64. The number of amides is 1. The molecule has 1 saturated heterocycles. The molecule has 1 amide bonds. The molecule has 0 radical (unpaired) electrons. The van der Waals surface area contributed by atoms with Crippen molar-refractivity contribution in [2.75, 3.05) is 0 Å². The second-order valence-corrected chi connectivity index (χ2v) is 8.26. The van der Waals surface area contributed by atoms with Crippen LogP contribution in [0.3, 0.4) is 0 Å². The van der Waals surface area contributed by atoms with Crippen LogP contribution in [0.2, 0.25) is 0 Å². The predicted octanol–water partition coefficient (Wildman–Crippen LogP) is 2.22. The highest BCUT2D eigenvalue weighted by Gasteiger charge is 2.43. The zero-order valence-electron chi connectivity index (χ0n) is 14.6. The predicted molar refractivity (Wildman–Crippen MR) is 94.0 cm³/mol. The van der Waals surface area contributed by atoms with E-state index in [1.165, 1.54) is 24.4 Å². The third kappa shape index (κ3) is 3.98. The van der Waals surface area contributed by atoms with Gasteiger partial charge < -0.3 is 5.32 Å². The molecule has 0 spiro atoms. The van der Waals surface area contributed by atoms with Gasteiger partial charge in [-0.05, 0) is 50.1 Å². The van der Waals surface area contributed by atoms with Crippen molar-refractivity contribution in [1.82, 2.24) is 14.6 Å². The topological polar surface area (TPSA) is 79.4 Å². The maximum absolute atomic E-state index is 13.6. The van der Waals surface area contributed by atoms with Crippen LogP contribution in [-0.4, -0.2) is 35.7 Å². The fraction of sp³-hybridized carbons (Fsp3) is 0.333. The van der Waals surface area contributed by atoms with Gasteiger partial charge in [0, 0.05) is 24.3 Å². The molecule has 9 heteroatoms. The lowest BCUT2D eigenvalue weighted by Gasteiger charge is -2.27. The second kappa shape index (κ2) is 7.69. The van der Waals surface area contributed by atoms with E-state index in [0.29, 0.717) is 12.8 Å². The monoisotopic (exact) mass is 395 g/mol. The first-order chi connectivity index (χ1) is 12.8. The minimum absolute atomic E-state index is 0.0670. The highest BCUT2D eigenvalue weighted by atomic mass is 32.2. The number of rotatable bonds is 5. The van der Waals surface area contributed by atoms with Crippen LogP contribution in [0.25, 0.3) is 0 Å². The smallest absolute Gasteiger partial charge is 0.244 e. The van der Waals surface area contributed by atoms with Crippen LogP contribution in [0.4, 0.5) is 8.78 Å². The first-order valence-electron chi connectivity index (χ1n) is 8.46. The SMILES string of the molecule is C[C@H]1CC[C@@H](C(=O)NCc2ccncc2F)N1S(=O)(=O)c1ccc(F)cc1. The number of nitrogens with one attached hydrogen (secondary N) is 1. The quantitative estimate of drug-likeness (QED) is 0.842. The molecule has 1 aromatic carbocycles. The number of carbonyl (C=O) groups excluding carboxylic acids is 1. The Bertz CT molecular complexity index is 935. The molecule has 1 aliphatic heterocycles. The average Bonchev–Trinajstić information content (AvgIpc) is 3.03. The number of carbonyl (C=O) groups is 1. The van der Waals surface area contributed by atoms with Gasteiger partial charge in [0.2, 0.25) is 15.9 Å². The van der Waals surface area contributed by atoms with Crippen molar-refractivity contribution < 1.29 is 22.0 Å². The van der Waals surface area contributed by atoms with Gasteiger partial charge in [-0.25, -0.2) is 17.2 Å². The molecule has 6 nitrogen and oxygen atoms in total. The summed E-state index contributed by atoms with van der Waals surface area (Å²) in [6.07, 6.45) is 3.33. The summed E-state index contributed by atoms with van der Waals surface area (Å²) in [5.41, 5.74) is 0.261. The molecule has 27 heavy (non-hydrogen) atoms. The van der Waals surface area contributed by atoms with E-state index in [4.69, 9.17) is 0 Å². The zero-order valence-corrected chi connectivity index (χ0v) is 15.4. The Morgan fingerprint density at radius 2 is 1.93 bits per heavy atom. The van der Waals surface area contributed by atoms with Gasteiger partial charge in [-0.2, -0.15) is 4.31 Å². The number of halogens is 2. The first-order valence-corrected chi connectivity index (χ1v) is 9.90. The van der Waals surface area contributed by atoms with Crippen LogP contribution in [0.5, 0.6) is 0 Å². The summed E-state index contributed by atoms with van der Waals surface area (Å²) in [5, 5.41) is 2.59. The molecule has 0 saturated carbocycles. The van der Waals surface area contributed by atoms with Crippen LogP contribution in [-0.2, 0) is 21.4 Å². The van der Waals surface area contributed by atoms with Gasteiger partial charge >= 0.3 is 0 Å². The summed E-state index contributed by atoms with van der Waals surface area (Å²) in [6.45, 7) is 1.65. The summed E-state index contributed by atoms with van der Waals surface area (Å²) in [4.78, 5) is 16.2. The van der Waals surface area contributed by atoms with E-state index in [1.54, 1.807) is 6.92 Å². The highest BCUT2D eigenvalue weighted by Crippen LogP contribution is 2.31. The number of hydrogen-bond donors (Lipinski definition) is 1. The Labute approximate surface area is 156 Å². The summed E-state index contributed by atoms with van der Waals surface area (Å²) < 4.78 is 53.8. The van der Waals surface area contributed by atoms with Crippen molar-refractivity contribution in [1.29, 1.82) is 0 Å². The third-order valence-corrected chi connectivity index (χ3v) is 6.64. The Hall–Kier alpha value is -2.39. The van der Waals surface area contributed by atoms with E-state index < -0.39 is 33.6 Å². The average molecular weight is 395 g/mol. The molecular weight excluding hydrogens is 376 g/mol. The van der Waals surface area contributed by atoms with Crippen molar-refractivity contribution in [3.63, 3.8) is 0 Å². The summed E-state index contributed by atoms with van der Waals surface area (Å²) >= 11 is 0. The van der Waals surface area contributed by atoms with Gasteiger partial charge in [-0.15, -0.1) is 0 Å². The number of sulfonamides is 1. The molecule has 1 fully saturated rings. The first kappa shape index (κ1) is 19.4. The number of benzene rings is 1. The zero-order chi connectivity index (χ0) is 19.6. The van der Waals surface area contributed by atoms with Crippen molar-refractivity contribution >= 4 is 15.9 Å². The van der Waals surface area contributed by atoms with Crippen LogP contribution < -0.4 is 5.32 Å². The fourth-order valence-electron chi connectivity index (χ4n) is 3.19. The largest absolute Gasteiger partial charge is 0.351 e. The van der Waals surface area contributed by atoms with Gasteiger partial charge in [0.05, 0.1) is 11.1 Å². The maximum atomic E-state index is 13.6. The molecule has 0 unspecified atom stereocenters. The molecule has 2 aromatic rings. The number of aromatic nitrogens is 1. The van der Waals surface area contributed by atoms with E-state index in [1.807, 2.05) is 0 Å². The van der Waals surface area contributed by atoms with Crippen molar-refractivity contribution in [3.05, 3.63) is 59.9 Å². The molecule has 1 N–H and O–H groups in total. The van der Waals surface area contributed by atoms with Gasteiger partial charge in [0.25, 0.3) is 0 Å². The second-order valence-electron chi connectivity index (χ2n) is 6.42. The van der Waals surface area contributed by atoms with Crippen LogP contribution >= 0.6 is 0 Å². The van der Waals surface area contributed by atoms with Crippen molar-refractivity contribution in [2.45, 2.75) is 43.3 Å². The number of pyridine rings is 1. The number of nitrogens with zero attached hydrogens (tertiary/aromatic N) is 2. The summed E-state index contributed by atoms with van der Waals surface area (Å²) in [7, 11) is -3.97. The van der Waals surface area contributed by atoms with Gasteiger partial charge in [0.1, 0.15) is 17.7 Å². The van der Waals surface area contributed by atoms with Crippen LogP contribution in [0.1, 0.15) is 25.3 Å². The van der Waals surface area contributed by atoms with Crippen molar-refractivity contribution in [2.24, 2.45) is 0 Å². The van der Waals surface area contributed by atoms with Crippen LogP contribution in [0.15, 0.2) is 47.6 Å². The molecule has 144 valence electrons. The Balaban J connectivity index is 1.79. The van der Waals surface area contributed by atoms with Crippen LogP contribution in [0, 0.1) is 11.6 Å². The lowest BCUT2D eigenvalue weighted by atomic mass is 10.2. The van der Waals surface area contributed by atoms with E-state index in [-0.39, 0.29) is 23.0 Å². The lowest BCUT2D eigenvalue weighted by Crippen LogP contribution is -2.48. The molecule has 0 aliphatic carbocycles. The lowest BCUT2D eigenvalue weighted by molar-refractivity contribution is -0.124. The molecule has 3 rings (SSSR count). The molecule has 0 bridgehead atoms. The standard InChI is InChI=1S/C18H19F2N3O3S/c1-12-2-7-17(18(24)22-10-13-8-9-21-11-16(13)20)23(12)27(25,26)15-5-3-14(19)4-6-15/h3-6,8-9,11-12,17H,2,7,10H2,1H3,(H,22,24)/t12-,17-/m0/s1. The maximum Gasteiger partial charge on any atom is 0.244 e. The molecule has 1 aromatic heterocycles. The molecule has 2 atom stereocenters. The molecule has 2 heterocycles.